The molecule has 1 saturated carbocycles. The Morgan fingerprint density at radius 3 is 2.58 bits per heavy atom. The first-order valence-electron chi connectivity index (χ1n) is 9.17. The van der Waals surface area contributed by atoms with E-state index in [9.17, 15) is 9.59 Å². The molecule has 0 spiro atoms. The summed E-state index contributed by atoms with van der Waals surface area (Å²) in [4.78, 5) is 26.8. The molecule has 5 nitrogen and oxygen atoms in total. The number of nitrogens with one attached hydrogen (secondary N) is 2. The molecule has 1 aliphatic heterocycles. The van der Waals surface area contributed by atoms with E-state index in [-0.39, 0.29) is 11.8 Å². The number of carbonyl (C=O) groups is 2. The number of hydrogen-bond donors (Lipinski definition) is 2. The number of amides is 2. The molecule has 0 unspecified atom stereocenters. The SMILES string of the molecule is CCCC(=O)Nc1ccc(N2CCCCC2)c(C(=O)NC2CC2)c1. The maximum Gasteiger partial charge on any atom is 0.253 e. The van der Waals surface area contributed by atoms with Gasteiger partial charge >= 0.3 is 0 Å². The second-order valence-corrected chi connectivity index (χ2v) is 6.83. The molecule has 1 heterocycles. The first-order valence-corrected chi connectivity index (χ1v) is 9.17. The molecule has 1 aromatic rings. The van der Waals surface area contributed by atoms with E-state index >= 15 is 0 Å². The van der Waals surface area contributed by atoms with Gasteiger partial charge in [-0.2, -0.15) is 0 Å². The van der Waals surface area contributed by atoms with Crippen molar-refractivity contribution < 1.29 is 9.59 Å². The lowest BCUT2D eigenvalue weighted by Crippen LogP contribution is -2.33. The lowest BCUT2D eigenvalue weighted by molar-refractivity contribution is -0.116. The van der Waals surface area contributed by atoms with E-state index in [2.05, 4.69) is 15.5 Å². The highest BCUT2D eigenvalue weighted by Gasteiger charge is 2.26. The van der Waals surface area contributed by atoms with E-state index in [4.69, 9.17) is 0 Å². The van der Waals surface area contributed by atoms with Gasteiger partial charge in [0.25, 0.3) is 5.91 Å². The predicted octanol–water partition coefficient (Wildman–Crippen LogP) is 3.31. The van der Waals surface area contributed by atoms with Crippen molar-refractivity contribution in [2.24, 2.45) is 0 Å². The molecule has 2 aliphatic rings. The van der Waals surface area contributed by atoms with Gasteiger partial charge in [-0.15, -0.1) is 0 Å². The van der Waals surface area contributed by atoms with Crippen LogP contribution in [0.3, 0.4) is 0 Å². The van der Waals surface area contributed by atoms with Crippen molar-refractivity contribution in [2.45, 2.75) is 57.9 Å². The minimum Gasteiger partial charge on any atom is -0.371 e. The van der Waals surface area contributed by atoms with Gasteiger partial charge in [0.05, 0.1) is 5.56 Å². The summed E-state index contributed by atoms with van der Waals surface area (Å²) in [6.45, 7) is 3.96. The minimum absolute atomic E-state index is 0.00299. The molecule has 0 atom stereocenters. The lowest BCUT2D eigenvalue weighted by atomic mass is 10.1. The van der Waals surface area contributed by atoms with E-state index in [0.717, 1.165) is 38.0 Å². The molecule has 24 heavy (non-hydrogen) atoms. The molecule has 0 radical (unpaired) electrons. The van der Waals surface area contributed by atoms with E-state index in [1.165, 1.54) is 19.3 Å². The summed E-state index contributed by atoms with van der Waals surface area (Å²) >= 11 is 0. The molecule has 130 valence electrons. The number of anilines is 2. The summed E-state index contributed by atoms with van der Waals surface area (Å²) in [6.07, 6.45) is 7.03. The molecule has 5 heteroatoms. The van der Waals surface area contributed by atoms with Crippen LogP contribution in [0.5, 0.6) is 0 Å². The maximum atomic E-state index is 12.7. The fourth-order valence-corrected chi connectivity index (χ4v) is 3.15. The fraction of sp³-hybridized carbons (Fsp3) is 0.579. The molecule has 0 bridgehead atoms. The highest BCUT2D eigenvalue weighted by molar-refractivity contribution is 6.02. The van der Waals surface area contributed by atoms with Gasteiger partial charge < -0.3 is 15.5 Å². The Kier molecular flexibility index (Phi) is 5.38. The van der Waals surface area contributed by atoms with Crippen LogP contribution in [0.4, 0.5) is 11.4 Å². The van der Waals surface area contributed by atoms with Crippen LogP contribution in [0.1, 0.15) is 62.2 Å². The van der Waals surface area contributed by atoms with E-state index < -0.39 is 0 Å². The second-order valence-electron chi connectivity index (χ2n) is 6.83. The number of rotatable bonds is 6. The third-order valence-corrected chi connectivity index (χ3v) is 4.61. The van der Waals surface area contributed by atoms with Crippen molar-refractivity contribution in [3.63, 3.8) is 0 Å². The van der Waals surface area contributed by atoms with Crippen molar-refractivity contribution in [1.82, 2.24) is 5.32 Å². The molecule has 1 saturated heterocycles. The topological polar surface area (TPSA) is 61.4 Å². The van der Waals surface area contributed by atoms with Crippen molar-refractivity contribution in [2.75, 3.05) is 23.3 Å². The van der Waals surface area contributed by atoms with Gasteiger partial charge in [0.15, 0.2) is 0 Å². The van der Waals surface area contributed by atoms with Crippen LogP contribution in [-0.4, -0.2) is 30.9 Å². The number of piperidine rings is 1. The van der Waals surface area contributed by atoms with Crippen LogP contribution in [0, 0.1) is 0 Å². The van der Waals surface area contributed by atoms with E-state index in [0.29, 0.717) is 23.7 Å². The first kappa shape index (κ1) is 16.8. The third-order valence-electron chi connectivity index (χ3n) is 4.61. The average Bonchev–Trinajstić information content (AvgIpc) is 3.40. The van der Waals surface area contributed by atoms with Gasteiger partial charge in [-0.1, -0.05) is 6.92 Å². The molecule has 0 aromatic heterocycles. The predicted molar refractivity (Wildman–Crippen MR) is 96.5 cm³/mol. The smallest absolute Gasteiger partial charge is 0.253 e. The Labute approximate surface area is 143 Å². The van der Waals surface area contributed by atoms with Crippen molar-refractivity contribution in [3.05, 3.63) is 23.8 Å². The molecule has 2 N–H and O–H groups in total. The number of hydrogen-bond acceptors (Lipinski definition) is 3. The summed E-state index contributed by atoms with van der Waals surface area (Å²) in [5.41, 5.74) is 2.37. The zero-order valence-electron chi connectivity index (χ0n) is 14.4. The van der Waals surface area contributed by atoms with E-state index in [1.54, 1.807) is 0 Å². The average molecular weight is 329 g/mol. The highest BCUT2D eigenvalue weighted by Crippen LogP contribution is 2.28. The Hall–Kier alpha value is -2.04. The summed E-state index contributed by atoms with van der Waals surface area (Å²) in [5.74, 6) is -0.0264. The zero-order chi connectivity index (χ0) is 16.9. The Morgan fingerprint density at radius 1 is 1.17 bits per heavy atom. The minimum atomic E-state index is -0.0235. The Bertz CT molecular complexity index is 605. The van der Waals surface area contributed by atoms with Gasteiger partial charge in [-0.05, 0) is 56.7 Å². The van der Waals surface area contributed by atoms with Crippen molar-refractivity contribution in [1.29, 1.82) is 0 Å². The molecule has 2 fully saturated rings. The number of benzene rings is 1. The van der Waals surface area contributed by atoms with Crippen molar-refractivity contribution >= 4 is 23.2 Å². The van der Waals surface area contributed by atoms with Crippen LogP contribution in [0.15, 0.2) is 18.2 Å². The largest absolute Gasteiger partial charge is 0.371 e. The fourth-order valence-electron chi connectivity index (χ4n) is 3.15. The quantitative estimate of drug-likeness (QED) is 0.842. The normalized spacial score (nSPS) is 17.5. The Balaban J connectivity index is 1.83. The third kappa shape index (κ3) is 4.28. The molecular weight excluding hydrogens is 302 g/mol. The van der Waals surface area contributed by atoms with Gasteiger partial charge in [-0.3, -0.25) is 9.59 Å². The highest BCUT2D eigenvalue weighted by atomic mass is 16.2. The summed E-state index contributed by atoms with van der Waals surface area (Å²) in [7, 11) is 0. The lowest BCUT2D eigenvalue weighted by Gasteiger charge is -2.30. The van der Waals surface area contributed by atoms with Crippen molar-refractivity contribution in [3.8, 4) is 0 Å². The molecule has 1 aromatic carbocycles. The van der Waals surface area contributed by atoms with Crippen LogP contribution in [0.2, 0.25) is 0 Å². The summed E-state index contributed by atoms with van der Waals surface area (Å²) in [6, 6.07) is 6.04. The van der Waals surface area contributed by atoms with Gasteiger partial charge in [0.1, 0.15) is 0 Å². The zero-order valence-corrected chi connectivity index (χ0v) is 14.4. The summed E-state index contributed by atoms with van der Waals surface area (Å²) < 4.78 is 0. The van der Waals surface area contributed by atoms with Crippen LogP contribution in [-0.2, 0) is 4.79 Å². The molecular formula is C19H27N3O2. The number of nitrogens with zero attached hydrogens (tertiary/aromatic N) is 1. The maximum absolute atomic E-state index is 12.7. The van der Waals surface area contributed by atoms with Crippen LogP contribution >= 0.6 is 0 Å². The van der Waals surface area contributed by atoms with E-state index in [1.807, 2.05) is 25.1 Å². The van der Waals surface area contributed by atoms with Gasteiger partial charge in [0.2, 0.25) is 5.91 Å². The van der Waals surface area contributed by atoms with Crippen LogP contribution < -0.4 is 15.5 Å². The summed E-state index contributed by atoms with van der Waals surface area (Å²) in [5, 5.41) is 5.98. The first-order chi connectivity index (χ1) is 11.7. The Morgan fingerprint density at radius 2 is 1.92 bits per heavy atom. The monoisotopic (exact) mass is 329 g/mol. The van der Waals surface area contributed by atoms with Gasteiger partial charge in [-0.25, -0.2) is 0 Å². The molecule has 3 rings (SSSR count). The molecule has 1 aliphatic carbocycles. The molecule has 2 amide bonds. The van der Waals surface area contributed by atoms with Gasteiger partial charge in [0, 0.05) is 36.9 Å². The number of carbonyl (C=O) groups excluding carboxylic acids is 2. The standard InChI is InChI=1S/C19H27N3O2/c1-2-6-18(23)20-15-9-10-17(22-11-4-3-5-12-22)16(13-15)19(24)21-14-7-8-14/h9-10,13-14H,2-8,11-12H2,1H3,(H,20,23)(H,21,24). The second kappa shape index (κ2) is 7.69. The van der Waals surface area contributed by atoms with Crippen LogP contribution in [0.25, 0.3) is 0 Å².